The SMILES string of the molecule is O=C([O-])c1cc(F)cc(C2=C(c3cc(Cl)cnc3OCc3ccccc3)CCC2)c1. The maximum atomic E-state index is 14.1. The minimum Gasteiger partial charge on any atom is -0.545 e. The number of carbonyl (C=O) groups excluding carboxylic acids is 1. The van der Waals surface area contributed by atoms with Gasteiger partial charge in [-0.3, -0.25) is 0 Å². The predicted octanol–water partition coefficient (Wildman–Crippen LogP) is 4.91. The van der Waals surface area contributed by atoms with Crippen LogP contribution in [0, 0.1) is 5.82 Å². The molecule has 0 saturated heterocycles. The van der Waals surface area contributed by atoms with Crippen molar-refractivity contribution in [1.82, 2.24) is 4.98 Å². The molecule has 0 radical (unpaired) electrons. The lowest BCUT2D eigenvalue weighted by molar-refractivity contribution is -0.255. The highest BCUT2D eigenvalue weighted by Crippen LogP contribution is 2.43. The van der Waals surface area contributed by atoms with Gasteiger partial charge in [-0.15, -0.1) is 0 Å². The fourth-order valence-electron chi connectivity index (χ4n) is 3.73. The number of aromatic nitrogens is 1. The van der Waals surface area contributed by atoms with Gasteiger partial charge in [0, 0.05) is 17.3 Å². The maximum Gasteiger partial charge on any atom is 0.221 e. The second-order valence-corrected chi connectivity index (χ2v) is 7.54. The van der Waals surface area contributed by atoms with E-state index >= 15 is 0 Å². The molecule has 30 heavy (non-hydrogen) atoms. The van der Waals surface area contributed by atoms with Crippen LogP contribution in [0.15, 0.2) is 60.8 Å². The van der Waals surface area contributed by atoms with Crippen molar-refractivity contribution in [2.45, 2.75) is 25.9 Å². The Labute approximate surface area is 178 Å². The van der Waals surface area contributed by atoms with Gasteiger partial charge in [0.1, 0.15) is 12.4 Å². The largest absolute Gasteiger partial charge is 0.545 e. The van der Waals surface area contributed by atoms with Gasteiger partial charge in [0.25, 0.3) is 0 Å². The first kappa shape index (κ1) is 20.1. The number of nitrogens with zero attached hydrogens (tertiary/aromatic N) is 1. The van der Waals surface area contributed by atoms with Crippen molar-refractivity contribution in [2.75, 3.05) is 0 Å². The van der Waals surface area contributed by atoms with Gasteiger partial charge in [-0.2, -0.15) is 0 Å². The van der Waals surface area contributed by atoms with Gasteiger partial charge in [-0.25, -0.2) is 9.37 Å². The number of benzene rings is 2. The Morgan fingerprint density at radius 1 is 1.10 bits per heavy atom. The van der Waals surface area contributed by atoms with Gasteiger partial charge < -0.3 is 14.6 Å². The van der Waals surface area contributed by atoms with Crippen LogP contribution in [0.4, 0.5) is 4.39 Å². The smallest absolute Gasteiger partial charge is 0.221 e. The Bertz CT molecular complexity index is 1130. The molecule has 0 bridgehead atoms. The van der Waals surface area contributed by atoms with Gasteiger partial charge in [-0.05, 0) is 65.8 Å². The standard InChI is InChI=1S/C24H19ClFNO3/c25-18-12-22(23(27-13-18)30-14-15-5-2-1-3-6-15)21-8-4-7-20(21)16-9-17(24(28)29)11-19(26)10-16/h1-3,5-6,9-13H,4,7-8,14H2,(H,28,29)/p-1. The van der Waals surface area contributed by atoms with E-state index in [1.54, 1.807) is 6.07 Å². The number of hydrogen-bond acceptors (Lipinski definition) is 4. The molecule has 1 aliphatic carbocycles. The van der Waals surface area contributed by atoms with E-state index in [9.17, 15) is 14.3 Å². The van der Waals surface area contributed by atoms with E-state index in [0.29, 0.717) is 29.5 Å². The molecule has 0 N–H and O–H groups in total. The van der Waals surface area contributed by atoms with Crippen LogP contribution in [0.3, 0.4) is 0 Å². The van der Waals surface area contributed by atoms with Crippen LogP contribution in [0.2, 0.25) is 5.02 Å². The van der Waals surface area contributed by atoms with Crippen molar-refractivity contribution < 1.29 is 19.0 Å². The fourth-order valence-corrected chi connectivity index (χ4v) is 3.88. The van der Waals surface area contributed by atoms with Crippen LogP contribution in [0.5, 0.6) is 5.88 Å². The number of allylic oxidation sites excluding steroid dienone is 2. The summed E-state index contributed by atoms with van der Waals surface area (Å²) in [5.41, 5.74) is 3.88. The number of aromatic carboxylic acids is 1. The van der Waals surface area contributed by atoms with E-state index in [1.807, 2.05) is 30.3 Å². The van der Waals surface area contributed by atoms with E-state index in [-0.39, 0.29) is 5.56 Å². The van der Waals surface area contributed by atoms with Gasteiger partial charge >= 0.3 is 0 Å². The van der Waals surface area contributed by atoms with Crippen molar-refractivity contribution in [2.24, 2.45) is 0 Å². The van der Waals surface area contributed by atoms with Crippen LogP contribution >= 0.6 is 11.6 Å². The molecule has 0 atom stereocenters. The average molecular weight is 423 g/mol. The summed E-state index contributed by atoms with van der Waals surface area (Å²) >= 11 is 6.21. The van der Waals surface area contributed by atoms with Gasteiger partial charge in [-0.1, -0.05) is 41.9 Å². The molecule has 1 aromatic heterocycles. The number of ether oxygens (including phenoxy) is 1. The number of carboxylic acids is 1. The van der Waals surface area contributed by atoms with Crippen molar-refractivity contribution in [3.8, 4) is 5.88 Å². The summed E-state index contributed by atoms with van der Waals surface area (Å²) < 4.78 is 20.0. The maximum absolute atomic E-state index is 14.1. The molecule has 1 heterocycles. The predicted molar refractivity (Wildman–Crippen MR) is 111 cm³/mol. The Hall–Kier alpha value is -3.18. The first-order chi connectivity index (χ1) is 14.5. The quantitative estimate of drug-likeness (QED) is 0.566. The highest BCUT2D eigenvalue weighted by atomic mass is 35.5. The molecule has 0 saturated carbocycles. The third-order valence-electron chi connectivity index (χ3n) is 5.06. The second-order valence-electron chi connectivity index (χ2n) is 7.11. The molecule has 152 valence electrons. The van der Waals surface area contributed by atoms with E-state index in [2.05, 4.69) is 4.98 Å². The third kappa shape index (κ3) is 4.36. The van der Waals surface area contributed by atoms with Crippen molar-refractivity contribution in [3.63, 3.8) is 0 Å². The minimum absolute atomic E-state index is 0.187. The summed E-state index contributed by atoms with van der Waals surface area (Å²) in [5.74, 6) is -1.59. The van der Waals surface area contributed by atoms with Crippen molar-refractivity contribution in [3.05, 3.63) is 93.9 Å². The summed E-state index contributed by atoms with van der Waals surface area (Å²) in [5, 5.41) is 11.7. The zero-order valence-corrected chi connectivity index (χ0v) is 16.8. The molecule has 0 amide bonds. The third-order valence-corrected chi connectivity index (χ3v) is 5.27. The molecular formula is C24H18ClFNO3-. The monoisotopic (exact) mass is 422 g/mol. The van der Waals surface area contributed by atoms with Gasteiger partial charge in [0.15, 0.2) is 0 Å². The molecular weight excluding hydrogens is 405 g/mol. The summed E-state index contributed by atoms with van der Waals surface area (Å²) in [4.78, 5) is 15.6. The van der Waals surface area contributed by atoms with Crippen LogP contribution in [-0.2, 0) is 6.61 Å². The Kier molecular flexibility index (Phi) is 5.81. The number of carboxylic acid groups (broad SMARTS) is 1. The number of hydrogen-bond donors (Lipinski definition) is 0. The van der Waals surface area contributed by atoms with Crippen molar-refractivity contribution in [1.29, 1.82) is 0 Å². The second kappa shape index (κ2) is 8.67. The highest BCUT2D eigenvalue weighted by molar-refractivity contribution is 6.30. The zero-order valence-electron chi connectivity index (χ0n) is 16.0. The zero-order chi connectivity index (χ0) is 21.1. The van der Waals surface area contributed by atoms with Gasteiger partial charge in [0.05, 0.1) is 11.0 Å². The first-order valence-electron chi connectivity index (χ1n) is 9.58. The van der Waals surface area contributed by atoms with E-state index in [0.717, 1.165) is 41.2 Å². The molecule has 4 rings (SSSR count). The summed E-state index contributed by atoms with van der Waals surface area (Å²) in [6.45, 7) is 0.347. The molecule has 4 nitrogen and oxygen atoms in total. The van der Waals surface area contributed by atoms with Crippen LogP contribution < -0.4 is 9.84 Å². The molecule has 3 aromatic rings. The summed E-state index contributed by atoms with van der Waals surface area (Å²) in [7, 11) is 0. The number of pyridine rings is 1. The Balaban J connectivity index is 1.75. The van der Waals surface area contributed by atoms with Crippen molar-refractivity contribution >= 4 is 28.7 Å². The molecule has 0 aliphatic heterocycles. The van der Waals surface area contributed by atoms with Crippen LogP contribution in [0.1, 0.15) is 46.3 Å². The average Bonchev–Trinajstić information content (AvgIpc) is 3.23. The van der Waals surface area contributed by atoms with Crippen LogP contribution in [-0.4, -0.2) is 11.0 Å². The Morgan fingerprint density at radius 2 is 1.87 bits per heavy atom. The van der Waals surface area contributed by atoms with Gasteiger partial charge in [0.2, 0.25) is 5.88 Å². The highest BCUT2D eigenvalue weighted by Gasteiger charge is 2.22. The number of carbonyl (C=O) groups is 1. The molecule has 2 aromatic carbocycles. The topological polar surface area (TPSA) is 62.2 Å². The van der Waals surface area contributed by atoms with E-state index in [4.69, 9.17) is 16.3 Å². The minimum atomic E-state index is -1.41. The number of rotatable bonds is 6. The summed E-state index contributed by atoms with van der Waals surface area (Å²) in [6.07, 6.45) is 3.80. The molecule has 1 aliphatic rings. The molecule has 0 fully saturated rings. The number of halogens is 2. The summed E-state index contributed by atoms with van der Waals surface area (Å²) in [6, 6.07) is 15.3. The molecule has 0 spiro atoms. The van der Waals surface area contributed by atoms with E-state index in [1.165, 1.54) is 18.3 Å². The van der Waals surface area contributed by atoms with Crippen LogP contribution in [0.25, 0.3) is 11.1 Å². The molecule has 0 unspecified atom stereocenters. The lowest BCUT2D eigenvalue weighted by Gasteiger charge is -2.15. The first-order valence-corrected chi connectivity index (χ1v) is 9.96. The lowest BCUT2D eigenvalue weighted by Crippen LogP contribution is -2.22. The lowest BCUT2D eigenvalue weighted by atomic mass is 9.96. The fraction of sp³-hybridized carbons (Fsp3) is 0.167. The molecule has 6 heteroatoms. The Morgan fingerprint density at radius 3 is 2.63 bits per heavy atom. The normalized spacial score (nSPS) is 13.5. The van der Waals surface area contributed by atoms with E-state index < -0.39 is 11.8 Å².